The molecular weight excluding hydrogens is 352 g/mol. The van der Waals surface area contributed by atoms with Gasteiger partial charge in [-0.3, -0.25) is 4.79 Å². The molecule has 154 valence electrons. The molecule has 1 aliphatic carbocycles. The van der Waals surface area contributed by atoms with Gasteiger partial charge in [0, 0.05) is 2.85 Å². The van der Waals surface area contributed by atoms with Crippen molar-refractivity contribution in [2.75, 3.05) is 0 Å². The van der Waals surface area contributed by atoms with Crippen molar-refractivity contribution in [3.8, 4) is 0 Å². The molecule has 1 aromatic carbocycles. The first-order valence-corrected chi connectivity index (χ1v) is 9.99. The zero-order chi connectivity index (χ0) is 20.7. The molecule has 28 heavy (non-hydrogen) atoms. The molecular formula is C24H34O4. The number of allylic oxidation sites excluding steroid dienone is 1. The second-order valence-corrected chi connectivity index (χ2v) is 8.91. The van der Waals surface area contributed by atoms with Gasteiger partial charge in [0.15, 0.2) is 11.4 Å². The zero-order valence-electron chi connectivity index (χ0n) is 17.6. The largest absolute Gasteiger partial charge is 0.447 e. The predicted molar refractivity (Wildman–Crippen MR) is 114 cm³/mol. The Morgan fingerprint density at radius 2 is 1.82 bits per heavy atom. The lowest BCUT2D eigenvalue weighted by Crippen LogP contribution is -2.31. The van der Waals surface area contributed by atoms with Crippen LogP contribution < -0.4 is 0 Å². The quantitative estimate of drug-likeness (QED) is 0.472. The maximum atomic E-state index is 13.0. The van der Waals surface area contributed by atoms with Gasteiger partial charge < -0.3 is 9.47 Å². The molecule has 1 spiro atoms. The van der Waals surface area contributed by atoms with Gasteiger partial charge in [-0.15, -0.1) is 6.58 Å². The molecule has 0 N–H and O–H groups in total. The normalized spacial score (nSPS) is 18.5. The van der Waals surface area contributed by atoms with Crippen LogP contribution in [0.2, 0.25) is 0 Å². The minimum atomic E-state index is -0.801. The number of carbonyl (C=O) groups excluding carboxylic acids is 2. The average molecular weight is 387 g/mol. The monoisotopic (exact) mass is 386 g/mol. The SMILES string of the molecule is C=CC(C)(C)CC(=O)OC1=C(c2c(C)cc(C)cc2C)C(=O)OC12CCCC2.[HH].[HH]. The first kappa shape index (κ1) is 20.4. The van der Waals surface area contributed by atoms with Crippen LogP contribution in [0.5, 0.6) is 0 Å². The second kappa shape index (κ2) is 7.23. The maximum Gasteiger partial charge on any atom is 0.343 e. The van der Waals surface area contributed by atoms with E-state index in [0.29, 0.717) is 24.2 Å². The van der Waals surface area contributed by atoms with Gasteiger partial charge in [-0.05, 0) is 68.6 Å². The van der Waals surface area contributed by atoms with E-state index in [9.17, 15) is 9.59 Å². The lowest BCUT2D eigenvalue weighted by Gasteiger charge is -2.26. The van der Waals surface area contributed by atoms with Gasteiger partial charge in [-0.1, -0.05) is 37.6 Å². The van der Waals surface area contributed by atoms with Gasteiger partial charge in [0.05, 0.1) is 6.42 Å². The van der Waals surface area contributed by atoms with Gasteiger partial charge >= 0.3 is 11.9 Å². The predicted octanol–water partition coefficient (Wildman–Crippen LogP) is 5.83. The highest BCUT2D eigenvalue weighted by molar-refractivity contribution is 6.20. The molecule has 0 aromatic heterocycles. The number of esters is 2. The summed E-state index contributed by atoms with van der Waals surface area (Å²) in [5.74, 6) is -0.331. The lowest BCUT2D eigenvalue weighted by atomic mass is 9.89. The van der Waals surface area contributed by atoms with E-state index in [1.54, 1.807) is 6.08 Å². The molecule has 0 unspecified atom stereocenters. The fourth-order valence-corrected chi connectivity index (χ4v) is 4.40. The van der Waals surface area contributed by atoms with Gasteiger partial charge in [0.25, 0.3) is 0 Å². The third-order valence-corrected chi connectivity index (χ3v) is 5.84. The Morgan fingerprint density at radius 3 is 2.36 bits per heavy atom. The number of benzene rings is 1. The summed E-state index contributed by atoms with van der Waals surface area (Å²) in [7, 11) is 0. The van der Waals surface area contributed by atoms with E-state index in [1.165, 1.54) is 0 Å². The summed E-state index contributed by atoms with van der Waals surface area (Å²) in [6.07, 6.45) is 5.24. The van der Waals surface area contributed by atoms with Crippen LogP contribution in [0.15, 0.2) is 30.5 Å². The Balaban J connectivity index is 0.00000225. The molecule has 1 fully saturated rings. The van der Waals surface area contributed by atoms with Gasteiger partial charge in [0.1, 0.15) is 5.57 Å². The van der Waals surface area contributed by atoms with E-state index < -0.39 is 5.60 Å². The van der Waals surface area contributed by atoms with Crippen LogP contribution in [-0.2, 0) is 19.1 Å². The number of rotatable bonds is 5. The van der Waals surface area contributed by atoms with Crippen LogP contribution >= 0.6 is 0 Å². The molecule has 0 atom stereocenters. The highest BCUT2D eigenvalue weighted by atomic mass is 16.6. The minimum absolute atomic E-state index is 0. The molecule has 3 rings (SSSR count). The van der Waals surface area contributed by atoms with Crippen LogP contribution in [0.1, 0.15) is 71.1 Å². The van der Waals surface area contributed by atoms with Crippen molar-refractivity contribution in [1.82, 2.24) is 0 Å². The summed E-state index contributed by atoms with van der Waals surface area (Å²) in [4.78, 5) is 25.7. The number of aryl methyl sites for hydroxylation is 3. The van der Waals surface area contributed by atoms with Crippen molar-refractivity contribution in [2.24, 2.45) is 5.41 Å². The number of hydrogen-bond donors (Lipinski definition) is 0. The topological polar surface area (TPSA) is 52.6 Å². The first-order valence-electron chi connectivity index (χ1n) is 9.99. The maximum absolute atomic E-state index is 13.0. The van der Waals surface area contributed by atoms with Crippen LogP contribution in [0.25, 0.3) is 5.57 Å². The summed E-state index contributed by atoms with van der Waals surface area (Å²) in [6.45, 7) is 13.7. The zero-order valence-corrected chi connectivity index (χ0v) is 17.6. The highest BCUT2D eigenvalue weighted by Crippen LogP contribution is 2.49. The number of carbonyl (C=O) groups is 2. The van der Waals surface area contributed by atoms with E-state index >= 15 is 0 Å². The van der Waals surface area contributed by atoms with E-state index in [4.69, 9.17) is 9.47 Å². The molecule has 0 saturated heterocycles. The van der Waals surface area contributed by atoms with E-state index in [-0.39, 0.29) is 26.6 Å². The van der Waals surface area contributed by atoms with E-state index in [1.807, 2.05) is 46.8 Å². The van der Waals surface area contributed by atoms with Gasteiger partial charge in [0.2, 0.25) is 0 Å². The van der Waals surface area contributed by atoms with Crippen LogP contribution in [0.3, 0.4) is 0 Å². The smallest absolute Gasteiger partial charge is 0.343 e. The fraction of sp³-hybridized carbons (Fsp3) is 0.500. The number of hydrogen-bond acceptors (Lipinski definition) is 4. The lowest BCUT2D eigenvalue weighted by molar-refractivity contribution is -0.153. The molecule has 1 aromatic rings. The van der Waals surface area contributed by atoms with Crippen molar-refractivity contribution in [3.05, 3.63) is 52.8 Å². The molecule has 2 aliphatic rings. The fourth-order valence-electron chi connectivity index (χ4n) is 4.40. The summed E-state index contributed by atoms with van der Waals surface area (Å²) in [6, 6.07) is 4.09. The van der Waals surface area contributed by atoms with Crippen molar-refractivity contribution in [3.63, 3.8) is 0 Å². The van der Waals surface area contributed by atoms with Crippen molar-refractivity contribution >= 4 is 17.5 Å². The van der Waals surface area contributed by atoms with Gasteiger partial charge in [-0.25, -0.2) is 4.79 Å². The summed E-state index contributed by atoms with van der Waals surface area (Å²) in [5, 5.41) is 0. The Kier molecular flexibility index (Phi) is 5.26. The molecule has 1 aliphatic heterocycles. The van der Waals surface area contributed by atoms with Gasteiger partial charge in [-0.2, -0.15) is 0 Å². The summed E-state index contributed by atoms with van der Waals surface area (Å²) >= 11 is 0. The Bertz CT molecular complexity index is 854. The summed E-state index contributed by atoms with van der Waals surface area (Å²) < 4.78 is 11.8. The highest BCUT2D eigenvalue weighted by Gasteiger charge is 2.52. The van der Waals surface area contributed by atoms with E-state index in [0.717, 1.165) is 35.1 Å². The van der Waals surface area contributed by atoms with Crippen LogP contribution in [0, 0.1) is 26.2 Å². The molecule has 1 saturated carbocycles. The third kappa shape index (κ3) is 3.65. The molecule has 0 amide bonds. The average Bonchev–Trinajstić information content (AvgIpc) is 3.14. The molecule has 1 heterocycles. The molecule has 0 radical (unpaired) electrons. The summed E-state index contributed by atoms with van der Waals surface area (Å²) in [5.41, 5.74) is 3.17. The Morgan fingerprint density at radius 1 is 1.25 bits per heavy atom. The van der Waals surface area contributed by atoms with Crippen LogP contribution in [-0.4, -0.2) is 17.5 Å². The molecule has 4 heteroatoms. The Hall–Kier alpha value is -2.36. The molecule has 0 bridgehead atoms. The third-order valence-electron chi connectivity index (χ3n) is 5.84. The van der Waals surface area contributed by atoms with Crippen molar-refractivity contribution in [2.45, 2.75) is 72.3 Å². The standard InChI is InChI=1S/C24H30O4.2H2/c1-7-23(5,6)14-18(25)27-21-20(19-16(3)12-15(2)13-17(19)4)22(26)28-24(21)10-8-9-11-24;;/h7,12-13H,1,8-11,14H2,2-6H3;2*1H. The molecule has 4 nitrogen and oxygen atoms in total. The Labute approximate surface area is 170 Å². The van der Waals surface area contributed by atoms with Crippen molar-refractivity contribution in [1.29, 1.82) is 0 Å². The van der Waals surface area contributed by atoms with Crippen molar-refractivity contribution < 1.29 is 21.9 Å². The minimum Gasteiger partial charge on any atom is -0.447 e. The van der Waals surface area contributed by atoms with E-state index in [2.05, 4.69) is 6.58 Å². The van der Waals surface area contributed by atoms with Crippen LogP contribution in [0.4, 0.5) is 0 Å². The first-order chi connectivity index (χ1) is 13.1. The number of ether oxygens (including phenoxy) is 2. The second-order valence-electron chi connectivity index (χ2n) is 8.91.